The first-order chi connectivity index (χ1) is 8.97. The number of carboxylic acids is 1. The summed E-state index contributed by atoms with van der Waals surface area (Å²) < 4.78 is 5.67. The van der Waals surface area contributed by atoms with E-state index in [1.165, 1.54) is 18.2 Å². The molecular formula is C15H13ClO3. The first-order valence-corrected chi connectivity index (χ1v) is 6.13. The van der Waals surface area contributed by atoms with Gasteiger partial charge in [0.2, 0.25) is 0 Å². The van der Waals surface area contributed by atoms with Crippen LogP contribution in [0.5, 0.6) is 11.5 Å². The summed E-state index contributed by atoms with van der Waals surface area (Å²) in [5.74, 6) is -0.182. The van der Waals surface area contributed by atoms with Gasteiger partial charge in [-0.2, -0.15) is 0 Å². The third-order valence-electron chi connectivity index (χ3n) is 2.72. The lowest BCUT2D eigenvalue weighted by Crippen LogP contribution is -2.00. The van der Waals surface area contributed by atoms with E-state index in [9.17, 15) is 4.79 Å². The third-order valence-corrected chi connectivity index (χ3v) is 2.96. The van der Waals surface area contributed by atoms with Gasteiger partial charge in [0.25, 0.3) is 0 Å². The van der Waals surface area contributed by atoms with Gasteiger partial charge >= 0.3 is 5.97 Å². The summed E-state index contributed by atoms with van der Waals surface area (Å²) in [5, 5.41) is 9.56. The fourth-order valence-electron chi connectivity index (χ4n) is 1.79. The Labute approximate surface area is 116 Å². The maximum absolute atomic E-state index is 11.1. The van der Waals surface area contributed by atoms with Crippen LogP contribution in [-0.4, -0.2) is 11.1 Å². The van der Waals surface area contributed by atoms with Crippen LogP contribution in [0.4, 0.5) is 0 Å². The minimum atomic E-state index is -1.04. The molecule has 0 aliphatic heterocycles. The Morgan fingerprint density at radius 3 is 2.47 bits per heavy atom. The fourth-order valence-corrected chi connectivity index (χ4v) is 1.95. The number of carboxylic acid groups (broad SMARTS) is 1. The quantitative estimate of drug-likeness (QED) is 0.901. The average molecular weight is 277 g/mol. The third kappa shape index (κ3) is 3.06. The van der Waals surface area contributed by atoms with Gasteiger partial charge in [0.1, 0.15) is 17.1 Å². The smallest absolute Gasteiger partial charge is 0.339 e. The highest BCUT2D eigenvalue weighted by Crippen LogP contribution is 2.30. The van der Waals surface area contributed by atoms with Crippen LogP contribution in [0.15, 0.2) is 36.4 Å². The number of carbonyl (C=O) groups is 1. The SMILES string of the molecule is Cc1ccc(Oc2cc(Cl)ccc2C(=O)O)c(C)c1. The molecule has 1 N–H and O–H groups in total. The van der Waals surface area contributed by atoms with Gasteiger partial charge in [-0.1, -0.05) is 29.3 Å². The molecule has 0 saturated heterocycles. The second kappa shape index (κ2) is 5.33. The highest BCUT2D eigenvalue weighted by atomic mass is 35.5. The second-order valence-corrected chi connectivity index (χ2v) is 4.75. The summed E-state index contributed by atoms with van der Waals surface area (Å²) in [7, 11) is 0. The maximum Gasteiger partial charge on any atom is 0.339 e. The van der Waals surface area contributed by atoms with Gasteiger partial charge in [-0.25, -0.2) is 4.79 Å². The number of aromatic carboxylic acids is 1. The summed E-state index contributed by atoms with van der Waals surface area (Å²) in [6.45, 7) is 3.90. The molecule has 0 amide bonds. The molecule has 0 aliphatic rings. The van der Waals surface area contributed by atoms with E-state index in [4.69, 9.17) is 21.4 Å². The molecule has 0 spiro atoms. The minimum absolute atomic E-state index is 0.0874. The van der Waals surface area contributed by atoms with E-state index in [-0.39, 0.29) is 11.3 Å². The molecule has 2 aromatic carbocycles. The molecule has 0 aromatic heterocycles. The monoisotopic (exact) mass is 276 g/mol. The van der Waals surface area contributed by atoms with E-state index >= 15 is 0 Å². The Hall–Kier alpha value is -2.00. The number of ether oxygens (including phenoxy) is 1. The molecule has 2 aromatic rings. The predicted octanol–water partition coefficient (Wildman–Crippen LogP) is 4.45. The highest BCUT2D eigenvalue weighted by Gasteiger charge is 2.13. The van der Waals surface area contributed by atoms with Gasteiger partial charge in [0.15, 0.2) is 0 Å². The number of rotatable bonds is 3. The zero-order valence-electron chi connectivity index (χ0n) is 10.6. The number of hydrogen-bond donors (Lipinski definition) is 1. The lowest BCUT2D eigenvalue weighted by molar-refractivity contribution is 0.0694. The molecule has 2 rings (SSSR count). The Morgan fingerprint density at radius 2 is 1.84 bits per heavy atom. The van der Waals surface area contributed by atoms with Crippen LogP contribution in [0.2, 0.25) is 5.02 Å². The van der Waals surface area contributed by atoms with Gasteiger partial charge in [0.05, 0.1) is 0 Å². The molecule has 3 nitrogen and oxygen atoms in total. The van der Waals surface area contributed by atoms with Gasteiger partial charge in [-0.05, 0) is 37.6 Å². The molecular weight excluding hydrogens is 264 g/mol. The van der Waals surface area contributed by atoms with Crippen molar-refractivity contribution in [2.75, 3.05) is 0 Å². The Balaban J connectivity index is 2.42. The molecule has 0 aliphatic carbocycles. The van der Waals surface area contributed by atoms with Gasteiger partial charge in [0, 0.05) is 11.1 Å². The van der Waals surface area contributed by atoms with Gasteiger partial charge < -0.3 is 9.84 Å². The number of benzene rings is 2. The Morgan fingerprint density at radius 1 is 1.11 bits per heavy atom. The van der Waals surface area contributed by atoms with Crippen LogP contribution in [-0.2, 0) is 0 Å². The molecule has 0 fully saturated rings. The number of aryl methyl sites for hydroxylation is 2. The first-order valence-electron chi connectivity index (χ1n) is 5.75. The van der Waals surface area contributed by atoms with Crippen molar-refractivity contribution in [3.8, 4) is 11.5 Å². The number of hydrogen-bond acceptors (Lipinski definition) is 2. The van der Waals surface area contributed by atoms with Crippen molar-refractivity contribution in [3.63, 3.8) is 0 Å². The van der Waals surface area contributed by atoms with Crippen LogP contribution < -0.4 is 4.74 Å². The normalized spacial score (nSPS) is 10.3. The minimum Gasteiger partial charge on any atom is -0.478 e. The highest BCUT2D eigenvalue weighted by molar-refractivity contribution is 6.30. The maximum atomic E-state index is 11.1. The van der Waals surface area contributed by atoms with E-state index in [0.717, 1.165) is 11.1 Å². The number of halogens is 1. The van der Waals surface area contributed by atoms with E-state index in [0.29, 0.717) is 10.8 Å². The van der Waals surface area contributed by atoms with Gasteiger partial charge in [-0.3, -0.25) is 0 Å². The topological polar surface area (TPSA) is 46.5 Å². The first kappa shape index (κ1) is 13.4. The van der Waals surface area contributed by atoms with E-state index in [1.54, 1.807) is 0 Å². The molecule has 0 radical (unpaired) electrons. The fraction of sp³-hybridized carbons (Fsp3) is 0.133. The average Bonchev–Trinajstić information content (AvgIpc) is 2.32. The van der Waals surface area contributed by atoms with Crippen molar-refractivity contribution < 1.29 is 14.6 Å². The lowest BCUT2D eigenvalue weighted by Gasteiger charge is -2.11. The molecule has 0 bridgehead atoms. The zero-order chi connectivity index (χ0) is 14.0. The molecule has 98 valence electrons. The molecule has 4 heteroatoms. The van der Waals surface area contributed by atoms with Crippen molar-refractivity contribution in [2.45, 2.75) is 13.8 Å². The van der Waals surface area contributed by atoms with Crippen molar-refractivity contribution in [2.24, 2.45) is 0 Å². The summed E-state index contributed by atoms with van der Waals surface area (Å²) >= 11 is 5.88. The molecule has 19 heavy (non-hydrogen) atoms. The van der Waals surface area contributed by atoms with Crippen molar-refractivity contribution in [1.29, 1.82) is 0 Å². The Kier molecular flexibility index (Phi) is 3.76. The Bertz CT molecular complexity index is 635. The summed E-state index contributed by atoms with van der Waals surface area (Å²) in [6, 6.07) is 10.2. The zero-order valence-corrected chi connectivity index (χ0v) is 11.4. The predicted molar refractivity (Wildman–Crippen MR) is 74.4 cm³/mol. The van der Waals surface area contributed by atoms with E-state index in [2.05, 4.69) is 0 Å². The summed E-state index contributed by atoms with van der Waals surface area (Å²) in [4.78, 5) is 11.1. The van der Waals surface area contributed by atoms with E-state index < -0.39 is 5.97 Å². The van der Waals surface area contributed by atoms with Crippen LogP contribution in [0, 0.1) is 13.8 Å². The summed E-state index contributed by atoms with van der Waals surface area (Å²) in [6.07, 6.45) is 0. The van der Waals surface area contributed by atoms with Gasteiger partial charge in [-0.15, -0.1) is 0 Å². The molecule has 0 saturated carbocycles. The van der Waals surface area contributed by atoms with Crippen LogP contribution >= 0.6 is 11.6 Å². The van der Waals surface area contributed by atoms with Crippen LogP contribution in [0.1, 0.15) is 21.5 Å². The lowest BCUT2D eigenvalue weighted by atomic mass is 10.1. The van der Waals surface area contributed by atoms with Crippen LogP contribution in [0.25, 0.3) is 0 Å². The second-order valence-electron chi connectivity index (χ2n) is 4.32. The standard InChI is InChI=1S/C15H13ClO3/c1-9-3-6-13(10(2)7-9)19-14-8-11(16)4-5-12(14)15(17)18/h3-8H,1-2H3,(H,17,18). The van der Waals surface area contributed by atoms with Crippen molar-refractivity contribution in [3.05, 3.63) is 58.1 Å². The summed E-state index contributed by atoms with van der Waals surface area (Å²) in [5.41, 5.74) is 2.15. The largest absolute Gasteiger partial charge is 0.478 e. The molecule has 0 atom stereocenters. The van der Waals surface area contributed by atoms with Crippen LogP contribution in [0.3, 0.4) is 0 Å². The van der Waals surface area contributed by atoms with Crippen molar-refractivity contribution >= 4 is 17.6 Å². The van der Waals surface area contributed by atoms with Crippen molar-refractivity contribution in [1.82, 2.24) is 0 Å². The molecule has 0 heterocycles. The van der Waals surface area contributed by atoms with E-state index in [1.807, 2.05) is 32.0 Å². The molecule has 0 unspecified atom stereocenters.